The molecule has 3 rings (SSSR count). The van der Waals surface area contributed by atoms with E-state index in [0.717, 1.165) is 40.8 Å². The smallest absolute Gasteiger partial charge is 0.409 e. The molecule has 1 aliphatic rings. The van der Waals surface area contributed by atoms with Crippen molar-refractivity contribution in [1.29, 1.82) is 0 Å². The van der Waals surface area contributed by atoms with Gasteiger partial charge in [0.05, 0.1) is 6.61 Å². The van der Waals surface area contributed by atoms with Crippen LogP contribution in [0.1, 0.15) is 73.0 Å². The average molecular weight is 542 g/mol. The molecular weight excluding hydrogens is 502 g/mol. The molecule has 2 atom stereocenters. The summed E-state index contributed by atoms with van der Waals surface area (Å²) in [5, 5.41) is 9.51. The molecule has 1 fully saturated rings. The highest BCUT2D eigenvalue weighted by atomic mass is 32.2. The van der Waals surface area contributed by atoms with Crippen molar-refractivity contribution in [3.63, 3.8) is 0 Å². The van der Waals surface area contributed by atoms with Gasteiger partial charge in [-0.25, -0.2) is 9.59 Å². The summed E-state index contributed by atoms with van der Waals surface area (Å²) in [7, 11) is 0. The third kappa shape index (κ3) is 6.90. The van der Waals surface area contributed by atoms with Crippen molar-refractivity contribution in [3.8, 4) is 5.75 Å². The molecule has 1 aliphatic heterocycles. The van der Waals surface area contributed by atoms with Crippen LogP contribution in [0.2, 0.25) is 0 Å². The molecule has 1 saturated heterocycles. The highest BCUT2D eigenvalue weighted by Crippen LogP contribution is 2.39. The summed E-state index contributed by atoms with van der Waals surface area (Å²) in [4.78, 5) is 40.9. The largest absolute Gasteiger partial charge is 0.478 e. The molecule has 0 aliphatic carbocycles. The number of ketones is 1. The number of nitrogens with zero attached hydrogens (tertiary/aromatic N) is 1. The van der Waals surface area contributed by atoms with Crippen molar-refractivity contribution in [2.24, 2.45) is 5.92 Å². The number of carbonyl (C=O) groups is 3. The zero-order valence-corrected chi connectivity index (χ0v) is 24.0. The van der Waals surface area contributed by atoms with E-state index in [1.54, 1.807) is 16.7 Å². The van der Waals surface area contributed by atoms with Gasteiger partial charge in [0, 0.05) is 35.4 Å². The topological polar surface area (TPSA) is 93.1 Å². The zero-order chi connectivity index (χ0) is 28.0. The van der Waals surface area contributed by atoms with E-state index in [2.05, 4.69) is 6.92 Å². The first kappa shape index (κ1) is 29.6. The minimum absolute atomic E-state index is 0.00780. The predicted octanol–water partition coefficient (Wildman–Crippen LogP) is 6.49. The van der Waals surface area contributed by atoms with Crippen molar-refractivity contribution in [1.82, 2.24) is 4.90 Å². The van der Waals surface area contributed by atoms with E-state index < -0.39 is 23.6 Å². The van der Waals surface area contributed by atoms with Gasteiger partial charge in [-0.3, -0.25) is 4.79 Å². The number of hydrogen-bond acceptors (Lipinski definition) is 6. The van der Waals surface area contributed by atoms with Crippen LogP contribution in [-0.4, -0.2) is 59.4 Å². The van der Waals surface area contributed by atoms with Gasteiger partial charge in [-0.15, -0.1) is 11.8 Å². The average Bonchev–Trinajstić information content (AvgIpc) is 3.34. The Hall–Kier alpha value is -3.00. The summed E-state index contributed by atoms with van der Waals surface area (Å²) in [6, 6.07) is 11.4. The lowest BCUT2D eigenvalue weighted by atomic mass is 9.82. The van der Waals surface area contributed by atoms with Crippen molar-refractivity contribution < 1.29 is 29.0 Å². The number of Topliss-reactive ketones (excluding diaryl/α,β-unsaturated/α-hetero) is 1. The summed E-state index contributed by atoms with van der Waals surface area (Å²) < 4.78 is 11.4. The third-order valence-electron chi connectivity index (χ3n) is 7.05. The highest BCUT2D eigenvalue weighted by Gasteiger charge is 2.41. The van der Waals surface area contributed by atoms with Crippen molar-refractivity contribution in [2.75, 3.05) is 26.0 Å². The minimum atomic E-state index is -1.38. The van der Waals surface area contributed by atoms with Crippen LogP contribution in [0.25, 0.3) is 0 Å². The molecular formula is C30H39NO6S. The first-order valence-corrected chi connectivity index (χ1v) is 14.3. The zero-order valence-electron chi connectivity index (χ0n) is 23.2. The van der Waals surface area contributed by atoms with Gasteiger partial charge >= 0.3 is 12.1 Å². The first-order chi connectivity index (χ1) is 18.0. The number of aryl methyl sites for hydroxylation is 2. The number of benzene rings is 2. The van der Waals surface area contributed by atoms with Gasteiger partial charge in [0.15, 0.2) is 11.4 Å². The van der Waals surface area contributed by atoms with Crippen LogP contribution < -0.4 is 4.74 Å². The van der Waals surface area contributed by atoms with Crippen LogP contribution in [0.3, 0.4) is 0 Å². The first-order valence-electron chi connectivity index (χ1n) is 13.1. The summed E-state index contributed by atoms with van der Waals surface area (Å²) in [5.41, 5.74) is 1.72. The molecule has 1 heterocycles. The molecule has 0 radical (unpaired) electrons. The molecule has 7 nitrogen and oxygen atoms in total. The fraction of sp³-hybridized carbons (Fsp3) is 0.500. The number of carboxylic acid groups (broad SMARTS) is 1. The Bertz CT molecular complexity index is 1140. The van der Waals surface area contributed by atoms with E-state index in [0.29, 0.717) is 24.5 Å². The number of ether oxygens (including phenoxy) is 2. The summed E-state index contributed by atoms with van der Waals surface area (Å²) >= 11 is 1.61. The number of unbranched alkanes of at least 4 members (excludes halogenated alkanes) is 2. The molecule has 206 valence electrons. The van der Waals surface area contributed by atoms with E-state index in [1.807, 2.05) is 56.5 Å². The fourth-order valence-electron chi connectivity index (χ4n) is 4.79. The maximum absolute atomic E-state index is 13.7. The lowest BCUT2D eigenvalue weighted by Gasteiger charge is -2.26. The Morgan fingerprint density at radius 3 is 2.24 bits per heavy atom. The Balaban J connectivity index is 1.92. The van der Waals surface area contributed by atoms with Crippen LogP contribution in [0.15, 0.2) is 41.3 Å². The monoisotopic (exact) mass is 541 g/mol. The molecule has 2 aromatic rings. The Morgan fingerprint density at radius 1 is 1.05 bits per heavy atom. The number of likely N-dealkylation sites (tertiary alicyclic amines) is 1. The summed E-state index contributed by atoms with van der Waals surface area (Å²) in [5.74, 6) is -1.21. The van der Waals surface area contributed by atoms with Crippen LogP contribution in [0.4, 0.5) is 4.79 Å². The molecule has 1 amide bonds. The molecule has 8 heteroatoms. The number of thioether (sulfide) groups is 1. The molecule has 2 aromatic carbocycles. The lowest BCUT2D eigenvalue weighted by molar-refractivity contribution is -0.152. The van der Waals surface area contributed by atoms with E-state index in [-0.39, 0.29) is 18.2 Å². The SMILES string of the molecule is CCCCCOC(=O)N1CC(C(=O)c2ccc(SC)cc2)[C@@H](c2cc(C)c(OC(C)(C)C(=O)O)c(C)c2)C1. The quantitative estimate of drug-likeness (QED) is 0.197. The second-order valence-electron chi connectivity index (χ2n) is 10.4. The van der Waals surface area contributed by atoms with Crippen molar-refractivity contribution >= 4 is 29.6 Å². The molecule has 1 unspecified atom stereocenters. The molecule has 0 bridgehead atoms. The Morgan fingerprint density at radius 2 is 1.68 bits per heavy atom. The van der Waals surface area contributed by atoms with E-state index in [9.17, 15) is 19.5 Å². The fourth-order valence-corrected chi connectivity index (χ4v) is 5.19. The normalized spacial score (nSPS) is 17.4. The molecule has 1 N–H and O–H groups in total. The van der Waals surface area contributed by atoms with E-state index in [1.165, 1.54) is 13.8 Å². The number of aliphatic carboxylic acids is 1. The van der Waals surface area contributed by atoms with E-state index in [4.69, 9.17) is 9.47 Å². The highest BCUT2D eigenvalue weighted by molar-refractivity contribution is 7.98. The molecule has 38 heavy (non-hydrogen) atoms. The van der Waals surface area contributed by atoms with Gasteiger partial charge in [0.1, 0.15) is 5.75 Å². The number of carbonyl (C=O) groups excluding carboxylic acids is 2. The molecule has 0 aromatic heterocycles. The van der Waals surface area contributed by atoms with Gasteiger partial charge in [0.2, 0.25) is 0 Å². The third-order valence-corrected chi connectivity index (χ3v) is 7.79. The van der Waals surface area contributed by atoms with Crippen LogP contribution in [-0.2, 0) is 9.53 Å². The number of hydrogen-bond donors (Lipinski definition) is 1. The summed E-state index contributed by atoms with van der Waals surface area (Å²) in [6.45, 7) is 9.88. The van der Waals surface area contributed by atoms with E-state index >= 15 is 0 Å². The van der Waals surface area contributed by atoms with Crippen LogP contribution in [0.5, 0.6) is 5.75 Å². The van der Waals surface area contributed by atoms with Crippen LogP contribution >= 0.6 is 11.8 Å². The van der Waals surface area contributed by atoms with Gasteiger partial charge in [-0.05, 0) is 69.2 Å². The second-order valence-corrected chi connectivity index (χ2v) is 11.3. The standard InChI is InChI=1S/C30H39NO6S/c1-7-8-9-14-36-29(35)31-17-24(25(18-31)26(32)21-10-12-23(38-6)13-11-21)22-15-19(2)27(20(3)16-22)37-30(4,5)28(33)34/h10-13,15-16,24-25H,7-9,14,17-18H2,1-6H3,(H,33,34)/t24-,25?/m1/s1. The van der Waals surface area contributed by atoms with Gasteiger partial charge in [-0.1, -0.05) is 44.0 Å². The minimum Gasteiger partial charge on any atom is -0.478 e. The molecule has 0 saturated carbocycles. The maximum atomic E-state index is 13.7. The van der Waals surface area contributed by atoms with Crippen LogP contribution in [0, 0.1) is 19.8 Å². The van der Waals surface area contributed by atoms with Gasteiger partial charge < -0.3 is 19.5 Å². The number of carboxylic acids is 1. The molecule has 0 spiro atoms. The Kier molecular flexibility index (Phi) is 9.88. The number of rotatable bonds is 11. The summed E-state index contributed by atoms with van der Waals surface area (Å²) in [6.07, 6.45) is 4.45. The van der Waals surface area contributed by atoms with Crippen molar-refractivity contribution in [2.45, 2.75) is 70.3 Å². The van der Waals surface area contributed by atoms with Crippen molar-refractivity contribution in [3.05, 3.63) is 58.7 Å². The predicted molar refractivity (Wildman–Crippen MR) is 149 cm³/mol. The second kappa shape index (κ2) is 12.7. The maximum Gasteiger partial charge on any atom is 0.409 e. The lowest BCUT2D eigenvalue weighted by Crippen LogP contribution is -2.38. The van der Waals surface area contributed by atoms with Gasteiger partial charge in [0.25, 0.3) is 0 Å². The Labute approximate surface area is 229 Å². The van der Waals surface area contributed by atoms with Gasteiger partial charge in [-0.2, -0.15) is 0 Å². The number of amides is 1.